The molecule has 0 bridgehead atoms. The summed E-state index contributed by atoms with van der Waals surface area (Å²) in [6, 6.07) is 117. The van der Waals surface area contributed by atoms with Gasteiger partial charge in [-0.2, -0.15) is 0 Å². The first-order valence-corrected chi connectivity index (χ1v) is 35.5. The summed E-state index contributed by atoms with van der Waals surface area (Å²) in [4.78, 5) is 30.8. The smallest absolute Gasteiger partial charge is 0.164 e. The molecular formula is C96H55N7O3. The van der Waals surface area contributed by atoms with Crippen LogP contribution in [0.1, 0.15) is 0 Å². The third-order valence-electron chi connectivity index (χ3n) is 21.1. The van der Waals surface area contributed by atoms with Gasteiger partial charge in [0.2, 0.25) is 0 Å². The van der Waals surface area contributed by atoms with Gasteiger partial charge < -0.3 is 17.8 Å². The number of para-hydroxylation sites is 2. The molecule has 492 valence electrons. The van der Waals surface area contributed by atoms with Gasteiger partial charge in [-0.1, -0.05) is 231 Å². The molecule has 22 rings (SSSR count). The van der Waals surface area contributed by atoms with E-state index in [1.165, 1.54) is 37.7 Å². The van der Waals surface area contributed by atoms with Gasteiger partial charge in [0.05, 0.1) is 11.0 Å². The number of benzene rings is 16. The Bertz CT molecular complexity index is 7290. The number of aromatic nitrogens is 7. The number of rotatable bonds is 10. The van der Waals surface area contributed by atoms with E-state index in [-0.39, 0.29) is 0 Å². The Morgan fingerprint density at radius 1 is 0.179 bits per heavy atom. The number of hydrogen-bond acceptors (Lipinski definition) is 9. The lowest BCUT2D eigenvalue weighted by atomic mass is 9.92. The van der Waals surface area contributed by atoms with Gasteiger partial charge in [-0.05, 0) is 163 Å². The zero-order chi connectivity index (χ0) is 69.5. The molecule has 106 heavy (non-hydrogen) atoms. The molecule has 22 aromatic rings. The topological polar surface area (TPSA) is 122 Å². The Labute approximate surface area is 605 Å². The summed E-state index contributed by atoms with van der Waals surface area (Å²) in [5, 5.41) is 15.9. The van der Waals surface area contributed by atoms with E-state index in [1.54, 1.807) is 0 Å². The molecule has 6 heterocycles. The maximum Gasteiger partial charge on any atom is 0.164 e. The van der Waals surface area contributed by atoms with Crippen molar-refractivity contribution in [3.63, 3.8) is 0 Å². The SMILES string of the molecule is c1ccc(-c2nc(-c3ccccc3)nc(-c3ccc4oc5cc(-n6c7ccccc7c7c(-c8ccc(-c9ccc(-c%10nc(-c%11ccc%12c(c%11)oc%11ccccc%11%12)nc(-c%11ccc%12oc%13ccc(-c%14ccc%15c%16ccccc%16c%16ccccc%16c%15c%14)cc%13c%12c%11)n%10)cc9)cc8)cccc76)ccc5c4c3)n2)cc1. The Balaban J connectivity index is 0.590. The van der Waals surface area contributed by atoms with Crippen LogP contribution in [-0.2, 0) is 0 Å². The van der Waals surface area contributed by atoms with Gasteiger partial charge >= 0.3 is 0 Å². The monoisotopic (exact) mass is 1350 g/mol. The fraction of sp³-hybridized carbons (Fsp3) is 0. The third-order valence-corrected chi connectivity index (χ3v) is 21.1. The number of nitrogens with zero attached hydrogens (tertiary/aromatic N) is 7. The standard InChI is InChI=1S/C96H55N7O3/c1-3-16-59(17-4-1)91-97-92(60-18-5-2-6-19-60)99-94(98-91)64-41-48-85-79(52-64)76-46-43-67(55-89(76)106-85)103-82-27-13-11-25-77(82)90-68(26-15-28-83(90)103)58-34-30-56(31-35-58)57-32-36-61(37-33-57)93-100-95(102-96(101-93)66-39-45-75-74-24-12-14-29-84(74)105-88(75)54-66)65-42-49-87-81(53-65)80-51-63(40-47-86(80)104-87)62-38-44-73-71-22-8-7-20-69(71)70-21-9-10-23-72(70)78(73)50-62/h1-55H. The van der Waals surface area contributed by atoms with Gasteiger partial charge in [-0.25, -0.2) is 29.9 Å². The normalized spacial score (nSPS) is 12.0. The molecule has 0 aliphatic rings. The van der Waals surface area contributed by atoms with Crippen molar-refractivity contribution in [2.75, 3.05) is 0 Å². The molecule has 0 spiro atoms. The molecular weight excluding hydrogens is 1300 g/mol. The van der Waals surface area contributed by atoms with Crippen molar-refractivity contribution < 1.29 is 13.3 Å². The third kappa shape index (κ3) is 9.66. The van der Waals surface area contributed by atoms with E-state index < -0.39 is 0 Å². The van der Waals surface area contributed by atoms with Crippen LogP contribution in [0.4, 0.5) is 0 Å². The highest BCUT2D eigenvalue weighted by Crippen LogP contribution is 2.44. The van der Waals surface area contributed by atoms with E-state index in [9.17, 15) is 0 Å². The predicted molar refractivity (Wildman–Crippen MR) is 431 cm³/mol. The highest BCUT2D eigenvalue weighted by atomic mass is 16.3. The van der Waals surface area contributed by atoms with Gasteiger partial charge in [-0.15, -0.1) is 0 Å². The van der Waals surface area contributed by atoms with Crippen molar-refractivity contribution >= 4 is 120 Å². The second-order valence-electron chi connectivity index (χ2n) is 27.2. The minimum atomic E-state index is 0.535. The molecule has 16 aromatic carbocycles. The molecule has 0 unspecified atom stereocenters. The van der Waals surface area contributed by atoms with Crippen LogP contribution in [0, 0.1) is 0 Å². The van der Waals surface area contributed by atoms with Crippen molar-refractivity contribution in [2.45, 2.75) is 0 Å². The average Bonchev–Trinajstić information content (AvgIpc) is 1.71. The van der Waals surface area contributed by atoms with Crippen LogP contribution < -0.4 is 0 Å². The predicted octanol–water partition coefficient (Wildman–Crippen LogP) is 25.3. The van der Waals surface area contributed by atoms with Crippen LogP contribution in [-0.4, -0.2) is 34.5 Å². The van der Waals surface area contributed by atoms with Crippen LogP contribution >= 0.6 is 0 Å². The van der Waals surface area contributed by atoms with Crippen molar-refractivity contribution in [3.8, 4) is 107 Å². The summed E-state index contributed by atoms with van der Waals surface area (Å²) in [6.45, 7) is 0. The Kier molecular flexibility index (Phi) is 13.2. The molecule has 0 saturated heterocycles. The maximum atomic E-state index is 6.70. The maximum absolute atomic E-state index is 6.70. The largest absolute Gasteiger partial charge is 0.456 e. The fourth-order valence-corrected chi connectivity index (χ4v) is 16.0. The van der Waals surface area contributed by atoms with Crippen LogP contribution in [0.25, 0.3) is 227 Å². The first-order valence-electron chi connectivity index (χ1n) is 35.5. The summed E-state index contributed by atoms with van der Waals surface area (Å²) in [5.74, 6) is 3.45. The molecule has 0 aliphatic carbocycles. The van der Waals surface area contributed by atoms with Gasteiger partial charge in [0.15, 0.2) is 34.9 Å². The Morgan fingerprint density at radius 2 is 0.519 bits per heavy atom. The van der Waals surface area contributed by atoms with Crippen molar-refractivity contribution in [1.82, 2.24) is 34.5 Å². The zero-order valence-corrected chi connectivity index (χ0v) is 56.6. The average molecular weight is 1350 g/mol. The number of furan rings is 3. The van der Waals surface area contributed by atoms with E-state index >= 15 is 0 Å². The summed E-state index contributed by atoms with van der Waals surface area (Å²) in [6.07, 6.45) is 0. The van der Waals surface area contributed by atoms with E-state index in [4.69, 9.17) is 43.2 Å². The lowest BCUT2D eigenvalue weighted by molar-refractivity contribution is 0.668. The van der Waals surface area contributed by atoms with Crippen molar-refractivity contribution in [1.29, 1.82) is 0 Å². The quantitative estimate of drug-likeness (QED) is 0.123. The fourth-order valence-electron chi connectivity index (χ4n) is 16.0. The molecule has 10 heteroatoms. The second kappa shape index (κ2) is 23.5. The van der Waals surface area contributed by atoms with Crippen LogP contribution in [0.3, 0.4) is 0 Å². The molecule has 0 aliphatic heterocycles. The molecule has 10 nitrogen and oxygen atoms in total. The first kappa shape index (κ1) is 59.2. The molecule has 6 aromatic heterocycles. The van der Waals surface area contributed by atoms with E-state index in [2.05, 4.69) is 229 Å². The summed E-state index contributed by atoms with van der Waals surface area (Å²) < 4.78 is 22.0. The summed E-state index contributed by atoms with van der Waals surface area (Å²) >= 11 is 0. The molecule has 0 N–H and O–H groups in total. The first-order chi connectivity index (χ1) is 52.5. The molecule has 0 atom stereocenters. The summed E-state index contributed by atoms with van der Waals surface area (Å²) in [7, 11) is 0. The molecule has 0 saturated carbocycles. The molecule has 0 amide bonds. The van der Waals surface area contributed by atoms with Crippen LogP contribution in [0.5, 0.6) is 0 Å². The molecule has 0 radical (unpaired) electrons. The van der Waals surface area contributed by atoms with Gasteiger partial charge in [-0.3, -0.25) is 0 Å². The lowest BCUT2D eigenvalue weighted by Crippen LogP contribution is -2.00. The van der Waals surface area contributed by atoms with Gasteiger partial charge in [0, 0.05) is 88.2 Å². The minimum Gasteiger partial charge on any atom is -0.456 e. The Hall–Kier alpha value is -14.5. The number of fused-ring (bicyclic) bond motifs is 18. The zero-order valence-electron chi connectivity index (χ0n) is 56.6. The Morgan fingerprint density at radius 3 is 1.11 bits per heavy atom. The number of hydrogen-bond donors (Lipinski definition) is 0. The van der Waals surface area contributed by atoms with E-state index in [0.29, 0.717) is 34.9 Å². The molecule has 0 fully saturated rings. The minimum absolute atomic E-state index is 0.535. The van der Waals surface area contributed by atoms with E-state index in [1.807, 2.05) is 109 Å². The lowest BCUT2D eigenvalue weighted by Gasteiger charge is -2.12. The highest BCUT2D eigenvalue weighted by molar-refractivity contribution is 6.26. The van der Waals surface area contributed by atoms with E-state index in [0.717, 1.165) is 155 Å². The summed E-state index contributed by atoms with van der Waals surface area (Å²) in [5.41, 5.74) is 19.8. The van der Waals surface area contributed by atoms with Crippen molar-refractivity contribution in [2.24, 2.45) is 0 Å². The van der Waals surface area contributed by atoms with Crippen LogP contribution in [0.15, 0.2) is 347 Å². The second-order valence-corrected chi connectivity index (χ2v) is 27.2. The van der Waals surface area contributed by atoms with Gasteiger partial charge in [0.25, 0.3) is 0 Å². The van der Waals surface area contributed by atoms with Crippen LogP contribution in [0.2, 0.25) is 0 Å². The van der Waals surface area contributed by atoms with Gasteiger partial charge in [0.1, 0.15) is 33.5 Å². The van der Waals surface area contributed by atoms with Crippen molar-refractivity contribution in [3.05, 3.63) is 334 Å². The highest BCUT2D eigenvalue weighted by Gasteiger charge is 2.23.